The van der Waals surface area contributed by atoms with Crippen molar-refractivity contribution >= 4 is 14.3 Å². The molecule has 5 nitrogen and oxygen atoms in total. The van der Waals surface area contributed by atoms with Crippen LogP contribution in [0.5, 0.6) is 0 Å². The highest BCUT2D eigenvalue weighted by Gasteiger charge is 2.57. The Labute approximate surface area is 134 Å². The Kier molecular flexibility index (Phi) is 5.16. The van der Waals surface area contributed by atoms with Crippen LogP contribution in [-0.2, 0) is 23.4 Å². The minimum Gasteiger partial charge on any atom is -0.463 e. The molecule has 126 valence electrons. The predicted octanol–water partition coefficient (Wildman–Crippen LogP) is 2.66. The van der Waals surface area contributed by atoms with Gasteiger partial charge in [-0.3, -0.25) is 0 Å². The van der Waals surface area contributed by atoms with E-state index in [1.54, 1.807) is 13.0 Å². The first-order valence-electron chi connectivity index (χ1n) is 7.95. The van der Waals surface area contributed by atoms with Crippen LogP contribution >= 0.6 is 0 Å². The number of carbonyl (C=O) groups is 1. The summed E-state index contributed by atoms with van der Waals surface area (Å²) in [7, 11) is -1.72. The van der Waals surface area contributed by atoms with Gasteiger partial charge >= 0.3 is 5.97 Å². The molecule has 0 bridgehead atoms. The summed E-state index contributed by atoms with van der Waals surface area (Å²) >= 11 is 0. The molecule has 4 atom stereocenters. The summed E-state index contributed by atoms with van der Waals surface area (Å²) in [5, 5.41) is 0.207. The average molecular weight is 328 g/mol. The first-order valence-corrected chi connectivity index (χ1v) is 10.9. The molecule has 0 unspecified atom stereocenters. The number of hydrogen-bond donors (Lipinski definition) is 0. The molecule has 0 N–H and O–H groups in total. The third-order valence-corrected chi connectivity index (χ3v) is 9.13. The molecule has 0 aromatic carbocycles. The zero-order valence-corrected chi connectivity index (χ0v) is 15.4. The number of carbonyl (C=O) groups excluding carboxylic acids is 1. The van der Waals surface area contributed by atoms with Crippen molar-refractivity contribution in [3.8, 4) is 0 Å². The third-order valence-electron chi connectivity index (χ3n) is 4.63. The van der Waals surface area contributed by atoms with E-state index in [9.17, 15) is 4.79 Å². The molecule has 2 heterocycles. The third kappa shape index (κ3) is 4.41. The summed E-state index contributed by atoms with van der Waals surface area (Å²) < 4.78 is 22.2. The van der Waals surface area contributed by atoms with E-state index >= 15 is 0 Å². The van der Waals surface area contributed by atoms with Gasteiger partial charge in [0.2, 0.25) is 0 Å². The van der Waals surface area contributed by atoms with E-state index in [2.05, 4.69) is 33.9 Å². The van der Waals surface area contributed by atoms with Crippen molar-refractivity contribution in [2.75, 3.05) is 13.2 Å². The van der Waals surface area contributed by atoms with Crippen LogP contribution in [0.2, 0.25) is 18.1 Å². The lowest BCUT2D eigenvalue weighted by atomic mass is 10.2. The van der Waals surface area contributed by atoms with Gasteiger partial charge in [-0.2, -0.15) is 0 Å². The van der Waals surface area contributed by atoms with Crippen molar-refractivity contribution in [3.05, 3.63) is 12.2 Å². The van der Waals surface area contributed by atoms with Gasteiger partial charge in [-0.1, -0.05) is 20.8 Å². The van der Waals surface area contributed by atoms with E-state index in [-0.39, 0.29) is 35.4 Å². The molecule has 2 saturated heterocycles. The second kappa shape index (κ2) is 6.43. The molecule has 0 saturated carbocycles. The van der Waals surface area contributed by atoms with Crippen LogP contribution in [0, 0.1) is 0 Å². The lowest BCUT2D eigenvalue weighted by molar-refractivity contribution is -0.137. The number of hydrogen-bond acceptors (Lipinski definition) is 5. The maximum atomic E-state index is 11.2. The first kappa shape index (κ1) is 17.7. The molecule has 22 heavy (non-hydrogen) atoms. The second-order valence-electron chi connectivity index (χ2n) is 7.39. The summed E-state index contributed by atoms with van der Waals surface area (Å²) in [5.41, 5.74) is 0. The smallest absolute Gasteiger partial charge is 0.330 e. The van der Waals surface area contributed by atoms with Crippen molar-refractivity contribution in [2.24, 2.45) is 0 Å². The Bertz CT molecular complexity index is 440. The maximum Gasteiger partial charge on any atom is 0.330 e. The van der Waals surface area contributed by atoms with E-state index in [4.69, 9.17) is 18.6 Å². The highest BCUT2D eigenvalue weighted by molar-refractivity contribution is 6.74. The largest absolute Gasteiger partial charge is 0.463 e. The fraction of sp³-hybridized carbons (Fsp3) is 0.812. The molecule has 6 heteroatoms. The monoisotopic (exact) mass is 328 g/mol. The molecular weight excluding hydrogens is 300 g/mol. The lowest BCUT2D eigenvalue weighted by Crippen LogP contribution is -2.41. The predicted molar refractivity (Wildman–Crippen MR) is 86.2 cm³/mol. The van der Waals surface area contributed by atoms with Crippen molar-refractivity contribution in [2.45, 2.75) is 70.2 Å². The zero-order valence-electron chi connectivity index (χ0n) is 14.4. The topological polar surface area (TPSA) is 60.6 Å². The van der Waals surface area contributed by atoms with Crippen LogP contribution in [0.3, 0.4) is 0 Å². The fourth-order valence-corrected chi connectivity index (χ4v) is 3.02. The van der Waals surface area contributed by atoms with Crippen molar-refractivity contribution < 1.29 is 23.4 Å². The van der Waals surface area contributed by atoms with E-state index in [0.29, 0.717) is 13.2 Å². The molecule has 0 aliphatic carbocycles. The second-order valence-corrected chi connectivity index (χ2v) is 12.2. The summed E-state index contributed by atoms with van der Waals surface area (Å²) in [6, 6.07) is 0. The van der Waals surface area contributed by atoms with Crippen molar-refractivity contribution in [1.82, 2.24) is 0 Å². The van der Waals surface area contributed by atoms with Gasteiger partial charge in [0.05, 0.1) is 13.2 Å². The summed E-state index contributed by atoms with van der Waals surface area (Å²) in [6.45, 7) is 14.0. The van der Waals surface area contributed by atoms with E-state index in [1.807, 2.05) is 0 Å². The number of epoxide rings is 2. The van der Waals surface area contributed by atoms with Gasteiger partial charge in [-0.05, 0) is 31.1 Å². The molecule has 0 aromatic heterocycles. The molecule has 0 amide bonds. The van der Waals surface area contributed by atoms with E-state index in [1.165, 1.54) is 6.08 Å². The quantitative estimate of drug-likeness (QED) is 0.311. The first-order chi connectivity index (χ1) is 10.2. The molecule has 2 aliphatic rings. The van der Waals surface area contributed by atoms with Crippen LogP contribution in [0.15, 0.2) is 12.2 Å². The summed E-state index contributed by atoms with van der Waals surface area (Å²) in [4.78, 5) is 11.2. The van der Waals surface area contributed by atoms with Gasteiger partial charge in [-0.25, -0.2) is 4.79 Å². The van der Waals surface area contributed by atoms with Crippen molar-refractivity contribution in [3.63, 3.8) is 0 Å². The average Bonchev–Trinajstić information content (AvgIpc) is 3.27. The molecule has 0 radical (unpaired) electrons. The molecule has 2 aliphatic heterocycles. The van der Waals surface area contributed by atoms with Crippen LogP contribution in [0.25, 0.3) is 0 Å². The van der Waals surface area contributed by atoms with Crippen molar-refractivity contribution in [1.29, 1.82) is 0 Å². The van der Waals surface area contributed by atoms with Gasteiger partial charge in [0.15, 0.2) is 8.32 Å². The van der Waals surface area contributed by atoms with Crippen LogP contribution < -0.4 is 0 Å². The Morgan fingerprint density at radius 2 is 1.91 bits per heavy atom. The molecule has 2 rings (SSSR count). The zero-order chi connectivity index (χ0) is 16.5. The number of esters is 1. The molecule has 2 fully saturated rings. The summed E-state index contributed by atoms with van der Waals surface area (Å²) in [5.74, 6) is -0.328. The van der Waals surface area contributed by atoms with Gasteiger partial charge in [-0.15, -0.1) is 0 Å². The summed E-state index contributed by atoms with van der Waals surface area (Å²) in [6.07, 6.45) is 3.42. The minimum atomic E-state index is -1.72. The number of rotatable bonds is 7. The Morgan fingerprint density at radius 3 is 2.50 bits per heavy atom. The molecular formula is C16H28O5Si. The highest BCUT2D eigenvalue weighted by Crippen LogP contribution is 2.41. The van der Waals surface area contributed by atoms with Crippen LogP contribution in [-0.4, -0.2) is 51.9 Å². The normalized spacial score (nSPS) is 31.4. The Balaban J connectivity index is 1.69. The Morgan fingerprint density at radius 1 is 1.23 bits per heavy atom. The van der Waals surface area contributed by atoms with Gasteiger partial charge in [0.25, 0.3) is 0 Å². The molecule has 0 aromatic rings. The SMILES string of the molecule is CCOC(=O)/C=C/[C@@H]1O[C@H]1[C@@H]1O[C@H]1CO[Si](C)(C)C(C)(C)C. The lowest BCUT2D eigenvalue weighted by Gasteiger charge is -2.35. The highest BCUT2D eigenvalue weighted by atomic mass is 28.4. The minimum absolute atomic E-state index is 0.0349. The van der Waals surface area contributed by atoms with E-state index < -0.39 is 8.32 Å². The van der Waals surface area contributed by atoms with Crippen LogP contribution in [0.4, 0.5) is 0 Å². The Hall–Kier alpha value is -0.693. The maximum absolute atomic E-state index is 11.2. The van der Waals surface area contributed by atoms with Gasteiger partial charge in [0.1, 0.15) is 24.4 Å². The fourth-order valence-electron chi connectivity index (χ4n) is 2.01. The van der Waals surface area contributed by atoms with E-state index in [0.717, 1.165) is 0 Å². The van der Waals surface area contributed by atoms with Gasteiger partial charge < -0.3 is 18.6 Å². The number of ether oxygens (including phenoxy) is 3. The standard InChI is InChI=1S/C16H28O5Si/c1-7-18-13(17)9-8-11-14(20-11)15-12(21-15)10-19-22(5,6)16(2,3)4/h8-9,11-12,14-15H,7,10H2,1-6H3/b9-8+/t11-,12-,14+,15+/m0/s1. The molecule has 0 spiro atoms. The van der Waals surface area contributed by atoms with Gasteiger partial charge in [0, 0.05) is 6.08 Å². The van der Waals surface area contributed by atoms with Crippen LogP contribution in [0.1, 0.15) is 27.7 Å².